The van der Waals surface area contributed by atoms with E-state index in [0.29, 0.717) is 32.5 Å². The molecular weight excluding hydrogens is 306 g/mol. The number of ether oxygens (including phenoxy) is 1. The standard InChI is InChI=1S/C19H25NO4/c1-13-4-2-3-5-15(13)12-17(21)20-9-6-14(7-10-20)18-16(19(22)23)8-11-24-18/h2-5,14,16,18H,6-12H2,1H3,(H,22,23)/t16?,18-/m0/s1. The zero-order chi connectivity index (χ0) is 17.1. The van der Waals surface area contributed by atoms with Crippen molar-refractivity contribution in [1.82, 2.24) is 4.90 Å². The number of carboxylic acid groups (broad SMARTS) is 1. The molecule has 130 valence electrons. The summed E-state index contributed by atoms with van der Waals surface area (Å²) in [5.41, 5.74) is 2.22. The fraction of sp³-hybridized carbons (Fsp3) is 0.579. The number of hydrogen-bond acceptors (Lipinski definition) is 3. The molecule has 0 aromatic heterocycles. The molecule has 0 radical (unpaired) electrons. The van der Waals surface area contributed by atoms with Gasteiger partial charge in [0.15, 0.2) is 0 Å². The Hall–Kier alpha value is -1.88. The second-order valence-electron chi connectivity index (χ2n) is 6.89. The molecule has 2 fully saturated rings. The Morgan fingerprint density at radius 1 is 1.21 bits per heavy atom. The first-order valence-electron chi connectivity index (χ1n) is 8.73. The van der Waals surface area contributed by atoms with Crippen LogP contribution in [0.3, 0.4) is 0 Å². The van der Waals surface area contributed by atoms with E-state index >= 15 is 0 Å². The Morgan fingerprint density at radius 2 is 1.92 bits per heavy atom. The summed E-state index contributed by atoms with van der Waals surface area (Å²) in [4.78, 5) is 25.7. The number of piperidine rings is 1. The van der Waals surface area contributed by atoms with Gasteiger partial charge >= 0.3 is 5.97 Å². The minimum atomic E-state index is -0.754. The molecule has 1 N–H and O–H groups in total. The molecule has 0 saturated carbocycles. The summed E-state index contributed by atoms with van der Waals surface area (Å²) in [6.07, 6.45) is 2.51. The predicted molar refractivity (Wildman–Crippen MR) is 89.7 cm³/mol. The second kappa shape index (κ2) is 7.34. The smallest absolute Gasteiger partial charge is 0.309 e. The molecule has 2 saturated heterocycles. The third-order valence-electron chi connectivity index (χ3n) is 5.41. The van der Waals surface area contributed by atoms with Gasteiger partial charge in [-0.1, -0.05) is 24.3 Å². The van der Waals surface area contributed by atoms with Gasteiger partial charge in [0, 0.05) is 19.7 Å². The summed E-state index contributed by atoms with van der Waals surface area (Å²) in [5.74, 6) is -0.735. The van der Waals surface area contributed by atoms with Gasteiger partial charge < -0.3 is 14.7 Å². The van der Waals surface area contributed by atoms with Crippen LogP contribution in [-0.2, 0) is 20.7 Å². The maximum Gasteiger partial charge on any atom is 0.309 e. The minimum Gasteiger partial charge on any atom is -0.481 e. The number of rotatable bonds is 4. The summed E-state index contributed by atoms with van der Waals surface area (Å²) in [6.45, 7) is 3.95. The van der Waals surface area contributed by atoms with Crippen LogP contribution in [0.1, 0.15) is 30.4 Å². The summed E-state index contributed by atoms with van der Waals surface area (Å²) in [6, 6.07) is 7.97. The molecule has 2 aliphatic rings. The Balaban J connectivity index is 1.54. The summed E-state index contributed by atoms with van der Waals surface area (Å²) in [7, 11) is 0. The molecule has 3 rings (SSSR count). The Labute approximate surface area is 142 Å². The molecule has 24 heavy (non-hydrogen) atoms. The van der Waals surface area contributed by atoms with E-state index in [-0.39, 0.29) is 23.8 Å². The van der Waals surface area contributed by atoms with E-state index in [0.717, 1.165) is 24.0 Å². The van der Waals surface area contributed by atoms with Crippen molar-refractivity contribution < 1.29 is 19.4 Å². The molecule has 1 unspecified atom stereocenters. The molecule has 5 nitrogen and oxygen atoms in total. The molecular formula is C19H25NO4. The van der Waals surface area contributed by atoms with Gasteiger partial charge in [-0.05, 0) is 43.2 Å². The second-order valence-corrected chi connectivity index (χ2v) is 6.89. The minimum absolute atomic E-state index is 0.157. The highest BCUT2D eigenvalue weighted by Gasteiger charge is 2.40. The van der Waals surface area contributed by atoms with Crippen LogP contribution in [0.2, 0.25) is 0 Å². The quantitative estimate of drug-likeness (QED) is 0.919. The lowest BCUT2D eigenvalue weighted by molar-refractivity contribution is -0.145. The van der Waals surface area contributed by atoms with Crippen molar-refractivity contribution >= 4 is 11.9 Å². The highest BCUT2D eigenvalue weighted by molar-refractivity contribution is 5.79. The summed E-state index contributed by atoms with van der Waals surface area (Å²) in [5, 5.41) is 9.30. The van der Waals surface area contributed by atoms with E-state index in [2.05, 4.69) is 0 Å². The number of benzene rings is 1. The zero-order valence-corrected chi connectivity index (χ0v) is 14.1. The van der Waals surface area contributed by atoms with Crippen LogP contribution in [0.5, 0.6) is 0 Å². The first-order chi connectivity index (χ1) is 11.6. The van der Waals surface area contributed by atoms with Crippen molar-refractivity contribution in [3.05, 3.63) is 35.4 Å². The zero-order valence-electron chi connectivity index (χ0n) is 14.1. The molecule has 1 amide bonds. The van der Waals surface area contributed by atoms with E-state index in [1.54, 1.807) is 0 Å². The predicted octanol–water partition coefficient (Wildman–Crippen LogP) is 2.27. The number of likely N-dealkylation sites (tertiary alicyclic amines) is 1. The number of nitrogens with zero attached hydrogens (tertiary/aromatic N) is 1. The van der Waals surface area contributed by atoms with Gasteiger partial charge in [-0.15, -0.1) is 0 Å². The van der Waals surface area contributed by atoms with Crippen LogP contribution < -0.4 is 0 Å². The van der Waals surface area contributed by atoms with Gasteiger partial charge in [0.05, 0.1) is 18.4 Å². The average molecular weight is 331 g/mol. The molecule has 0 aliphatic carbocycles. The number of aryl methyl sites for hydroxylation is 1. The van der Waals surface area contributed by atoms with Gasteiger partial charge in [0.25, 0.3) is 0 Å². The van der Waals surface area contributed by atoms with Crippen LogP contribution in [0.15, 0.2) is 24.3 Å². The van der Waals surface area contributed by atoms with Gasteiger partial charge in [-0.25, -0.2) is 0 Å². The van der Waals surface area contributed by atoms with E-state index in [9.17, 15) is 14.7 Å². The van der Waals surface area contributed by atoms with Crippen LogP contribution in [0, 0.1) is 18.8 Å². The highest BCUT2D eigenvalue weighted by Crippen LogP contribution is 2.33. The number of hydrogen-bond donors (Lipinski definition) is 1. The number of aliphatic carboxylic acids is 1. The molecule has 0 spiro atoms. The van der Waals surface area contributed by atoms with E-state index < -0.39 is 5.97 Å². The molecule has 2 aliphatic heterocycles. The van der Waals surface area contributed by atoms with Crippen molar-refractivity contribution in [3.8, 4) is 0 Å². The Bertz CT molecular complexity index is 607. The summed E-state index contributed by atoms with van der Waals surface area (Å²) < 4.78 is 5.69. The van der Waals surface area contributed by atoms with Crippen molar-refractivity contribution in [2.75, 3.05) is 19.7 Å². The van der Waals surface area contributed by atoms with Crippen molar-refractivity contribution in [3.63, 3.8) is 0 Å². The van der Waals surface area contributed by atoms with Crippen molar-refractivity contribution in [1.29, 1.82) is 0 Å². The van der Waals surface area contributed by atoms with E-state index in [1.165, 1.54) is 0 Å². The number of carbonyl (C=O) groups is 2. The van der Waals surface area contributed by atoms with Crippen LogP contribution in [-0.4, -0.2) is 47.7 Å². The summed E-state index contributed by atoms with van der Waals surface area (Å²) >= 11 is 0. The van der Waals surface area contributed by atoms with Crippen LogP contribution in [0.4, 0.5) is 0 Å². The fourth-order valence-corrected chi connectivity index (χ4v) is 3.90. The third kappa shape index (κ3) is 3.61. The normalized spacial score (nSPS) is 25.0. The number of carboxylic acids is 1. The third-order valence-corrected chi connectivity index (χ3v) is 5.41. The maximum atomic E-state index is 12.5. The largest absolute Gasteiger partial charge is 0.481 e. The van der Waals surface area contributed by atoms with Crippen LogP contribution in [0.25, 0.3) is 0 Å². The SMILES string of the molecule is Cc1ccccc1CC(=O)N1CCC([C@@H]2OCCC2C(=O)O)CC1. The number of carbonyl (C=O) groups excluding carboxylic acids is 1. The lowest BCUT2D eigenvalue weighted by atomic mass is 9.84. The van der Waals surface area contributed by atoms with E-state index in [4.69, 9.17) is 4.74 Å². The highest BCUT2D eigenvalue weighted by atomic mass is 16.5. The molecule has 5 heteroatoms. The van der Waals surface area contributed by atoms with Gasteiger partial charge in [0.1, 0.15) is 0 Å². The molecule has 1 aromatic rings. The van der Waals surface area contributed by atoms with Crippen molar-refractivity contribution in [2.24, 2.45) is 11.8 Å². The lowest BCUT2D eigenvalue weighted by Crippen LogP contribution is -2.43. The molecule has 0 bridgehead atoms. The van der Waals surface area contributed by atoms with Crippen LogP contribution >= 0.6 is 0 Å². The fourth-order valence-electron chi connectivity index (χ4n) is 3.90. The maximum absolute atomic E-state index is 12.5. The van der Waals surface area contributed by atoms with Gasteiger partial charge in [-0.3, -0.25) is 9.59 Å². The molecule has 1 aromatic carbocycles. The van der Waals surface area contributed by atoms with Crippen molar-refractivity contribution in [2.45, 2.75) is 38.7 Å². The lowest BCUT2D eigenvalue weighted by Gasteiger charge is -2.35. The Kier molecular flexibility index (Phi) is 5.19. The van der Waals surface area contributed by atoms with E-state index in [1.807, 2.05) is 36.1 Å². The first kappa shape index (κ1) is 17.0. The average Bonchev–Trinajstić information content (AvgIpc) is 3.07. The van der Waals surface area contributed by atoms with Gasteiger partial charge in [0.2, 0.25) is 5.91 Å². The first-order valence-corrected chi connectivity index (χ1v) is 8.73. The Morgan fingerprint density at radius 3 is 2.58 bits per heavy atom. The monoisotopic (exact) mass is 331 g/mol. The number of amides is 1. The molecule has 2 heterocycles. The topological polar surface area (TPSA) is 66.8 Å². The van der Waals surface area contributed by atoms with Gasteiger partial charge in [-0.2, -0.15) is 0 Å². The molecule has 2 atom stereocenters.